The monoisotopic (exact) mass is 661 g/mol. The number of carbonyl (C=O) groups is 2. The molecule has 0 bridgehead atoms. The van der Waals surface area contributed by atoms with Crippen molar-refractivity contribution < 1.29 is 37.0 Å². The Kier molecular flexibility index (Phi) is 9.40. The first-order chi connectivity index (χ1) is 23.1. The molecular formula is C35H34F3N5O5. The van der Waals surface area contributed by atoms with Crippen molar-refractivity contribution in [3.05, 3.63) is 95.7 Å². The maximum absolute atomic E-state index is 13.3. The van der Waals surface area contributed by atoms with Crippen LogP contribution in [0.1, 0.15) is 28.4 Å². The number of fused-ring (bicyclic) bond motifs is 1. The Bertz CT molecular complexity index is 1780. The number of benzene rings is 3. The Labute approximate surface area is 275 Å². The molecule has 1 fully saturated rings. The molecule has 1 aromatic heterocycles. The van der Waals surface area contributed by atoms with Crippen LogP contribution in [-0.2, 0) is 17.5 Å². The molecule has 3 aromatic carbocycles. The number of rotatable bonds is 10. The van der Waals surface area contributed by atoms with Crippen LogP contribution in [0, 0.1) is 0 Å². The normalized spacial score (nSPS) is 14.5. The van der Waals surface area contributed by atoms with E-state index in [-0.39, 0.29) is 41.8 Å². The van der Waals surface area contributed by atoms with Crippen LogP contribution in [0.5, 0.6) is 23.1 Å². The Morgan fingerprint density at radius 2 is 1.69 bits per heavy atom. The molecule has 2 amide bonds. The lowest BCUT2D eigenvalue weighted by molar-refractivity contribution is -0.137. The molecule has 250 valence electrons. The summed E-state index contributed by atoms with van der Waals surface area (Å²) in [5.41, 5.74) is 6.75. The Hall–Kier alpha value is -5.30. The molecule has 0 spiro atoms. The molecule has 10 nitrogen and oxygen atoms in total. The van der Waals surface area contributed by atoms with Crippen LogP contribution < -0.4 is 24.8 Å². The second kappa shape index (κ2) is 13.8. The predicted molar refractivity (Wildman–Crippen MR) is 172 cm³/mol. The van der Waals surface area contributed by atoms with Gasteiger partial charge in [0.15, 0.2) is 11.5 Å². The van der Waals surface area contributed by atoms with Gasteiger partial charge in [-0.1, -0.05) is 6.07 Å². The summed E-state index contributed by atoms with van der Waals surface area (Å²) < 4.78 is 56.6. The number of likely N-dealkylation sites (N-methyl/N-ethyl adjacent to an activating group) is 1. The second-order valence-corrected chi connectivity index (χ2v) is 11.5. The molecule has 0 saturated carbocycles. The van der Waals surface area contributed by atoms with Gasteiger partial charge in [0, 0.05) is 68.3 Å². The van der Waals surface area contributed by atoms with E-state index in [1.165, 1.54) is 18.3 Å². The van der Waals surface area contributed by atoms with Crippen molar-refractivity contribution in [1.29, 1.82) is 0 Å². The third-order valence-electron chi connectivity index (χ3n) is 8.36. The third kappa shape index (κ3) is 7.46. The summed E-state index contributed by atoms with van der Waals surface area (Å²) in [5, 5.41) is 0. The van der Waals surface area contributed by atoms with Crippen molar-refractivity contribution in [2.45, 2.75) is 19.6 Å². The van der Waals surface area contributed by atoms with Crippen molar-refractivity contribution in [1.82, 2.24) is 14.8 Å². The van der Waals surface area contributed by atoms with Crippen LogP contribution >= 0.6 is 0 Å². The molecule has 2 N–H and O–H groups in total. The van der Waals surface area contributed by atoms with E-state index in [9.17, 15) is 22.8 Å². The molecule has 2 aliphatic rings. The highest BCUT2D eigenvalue weighted by Crippen LogP contribution is 2.35. The number of piperazine rings is 1. The number of aromatic nitrogens is 1. The van der Waals surface area contributed by atoms with E-state index >= 15 is 0 Å². The molecule has 3 heterocycles. The number of anilines is 1. The minimum atomic E-state index is -4.58. The molecule has 0 aliphatic carbocycles. The summed E-state index contributed by atoms with van der Waals surface area (Å²) in [5.74, 6) is 1.43. The number of carbonyl (C=O) groups excluding carboxylic acids is 2. The average molecular weight is 662 g/mol. The average Bonchev–Trinajstić information content (AvgIpc) is 3.56. The zero-order valence-corrected chi connectivity index (χ0v) is 26.2. The quantitative estimate of drug-likeness (QED) is 0.236. The summed E-state index contributed by atoms with van der Waals surface area (Å²) in [6.07, 6.45) is -3.26. The summed E-state index contributed by atoms with van der Waals surface area (Å²) in [4.78, 5) is 35.5. The number of hydrogen-bond donors (Lipinski definition) is 1. The van der Waals surface area contributed by atoms with Gasteiger partial charge in [-0.05, 0) is 78.7 Å². The predicted octanol–water partition coefficient (Wildman–Crippen LogP) is 5.56. The van der Waals surface area contributed by atoms with Crippen LogP contribution in [0.4, 0.5) is 18.9 Å². The molecule has 13 heteroatoms. The Balaban J connectivity index is 1.03. The van der Waals surface area contributed by atoms with Crippen molar-refractivity contribution >= 4 is 17.5 Å². The fraction of sp³-hybridized carbons (Fsp3) is 0.286. The van der Waals surface area contributed by atoms with Crippen LogP contribution in [0.25, 0.3) is 11.1 Å². The number of hydrogen-bond acceptors (Lipinski definition) is 8. The lowest BCUT2D eigenvalue weighted by Crippen LogP contribution is -2.51. The summed E-state index contributed by atoms with van der Waals surface area (Å²) in [6, 6.07) is 19.0. The number of halogens is 3. The lowest BCUT2D eigenvalue weighted by atomic mass is 9.98. The maximum Gasteiger partial charge on any atom is 0.416 e. The highest BCUT2D eigenvalue weighted by Gasteiger charge is 2.31. The van der Waals surface area contributed by atoms with Gasteiger partial charge >= 0.3 is 6.18 Å². The van der Waals surface area contributed by atoms with Gasteiger partial charge in [0.2, 0.25) is 24.5 Å². The van der Waals surface area contributed by atoms with Crippen molar-refractivity contribution in [3.8, 4) is 34.3 Å². The number of amides is 2. The minimum Gasteiger partial charge on any atom is -0.454 e. The molecule has 0 unspecified atom stereocenters. The van der Waals surface area contributed by atoms with Gasteiger partial charge < -0.3 is 29.7 Å². The van der Waals surface area contributed by atoms with Gasteiger partial charge in [-0.2, -0.15) is 13.2 Å². The van der Waals surface area contributed by atoms with Gasteiger partial charge in [-0.15, -0.1) is 0 Å². The van der Waals surface area contributed by atoms with Crippen LogP contribution in [0.15, 0.2) is 79.0 Å². The number of primary amides is 1. The van der Waals surface area contributed by atoms with Crippen molar-refractivity contribution in [2.75, 3.05) is 51.0 Å². The summed E-state index contributed by atoms with van der Waals surface area (Å²) in [6.45, 7) is 6.73. The molecule has 4 aromatic rings. The lowest BCUT2D eigenvalue weighted by Gasteiger charge is -2.36. The molecular weight excluding hydrogens is 627 g/mol. The van der Waals surface area contributed by atoms with E-state index in [0.717, 1.165) is 60.6 Å². The van der Waals surface area contributed by atoms with E-state index in [0.29, 0.717) is 25.4 Å². The standard InChI is InChI=1S/C35H34F3N5O5/c1-2-42(21-33(44)43-15-13-41(14-16-43)20-23-3-11-30-31(17-23)47-22-46-30)26-6-8-27(9-7-26)48-32-12-4-24(19-40-32)29-18-25(35(36,37)38)5-10-28(29)34(39)45/h3-12,17-19H,2,13-16,20-22H2,1H3,(H2,39,45). The number of nitrogens with zero attached hydrogens (tertiary/aromatic N) is 4. The Morgan fingerprint density at radius 3 is 2.35 bits per heavy atom. The highest BCUT2D eigenvalue weighted by molar-refractivity contribution is 6.00. The zero-order valence-electron chi connectivity index (χ0n) is 26.2. The van der Waals surface area contributed by atoms with Crippen molar-refractivity contribution in [2.24, 2.45) is 5.73 Å². The molecule has 1 saturated heterocycles. The van der Waals surface area contributed by atoms with E-state index in [2.05, 4.69) is 9.88 Å². The minimum absolute atomic E-state index is 0.0260. The third-order valence-corrected chi connectivity index (χ3v) is 8.36. The molecule has 6 rings (SSSR count). The molecule has 0 radical (unpaired) electrons. The Morgan fingerprint density at radius 1 is 0.938 bits per heavy atom. The molecule has 2 aliphatic heterocycles. The highest BCUT2D eigenvalue weighted by atomic mass is 19.4. The van der Waals surface area contributed by atoms with Crippen molar-refractivity contribution in [3.63, 3.8) is 0 Å². The number of pyridine rings is 1. The number of nitrogens with two attached hydrogens (primary N) is 1. The van der Waals surface area contributed by atoms with Crippen LogP contribution in [-0.4, -0.2) is 72.7 Å². The van der Waals surface area contributed by atoms with Gasteiger partial charge in [-0.25, -0.2) is 4.98 Å². The fourth-order valence-electron chi connectivity index (χ4n) is 5.72. The van der Waals surface area contributed by atoms with E-state index in [4.69, 9.17) is 19.9 Å². The maximum atomic E-state index is 13.3. The van der Waals surface area contributed by atoms with E-state index in [1.54, 1.807) is 12.1 Å². The second-order valence-electron chi connectivity index (χ2n) is 11.5. The fourth-order valence-corrected chi connectivity index (χ4v) is 5.72. The van der Waals surface area contributed by atoms with Gasteiger partial charge in [-0.3, -0.25) is 14.5 Å². The summed E-state index contributed by atoms with van der Waals surface area (Å²) in [7, 11) is 0. The van der Waals surface area contributed by atoms with Crippen LogP contribution in [0.3, 0.4) is 0 Å². The van der Waals surface area contributed by atoms with Gasteiger partial charge in [0.25, 0.3) is 0 Å². The smallest absolute Gasteiger partial charge is 0.416 e. The number of alkyl halides is 3. The topological polar surface area (TPSA) is 110 Å². The summed E-state index contributed by atoms with van der Waals surface area (Å²) >= 11 is 0. The van der Waals surface area contributed by atoms with E-state index in [1.807, 2.05) is 47.1 Å². The molecule has 48 heavy (non-hydrogen) atoms. The first-order valence-corrected chi connectivity index (χ1v) is 15.5. The first kappa shape index (κ1) is 32.6. The van der Waals surface area contributed by atoms with Gasteiger partial charge in [0.1, 0.15) is 5.75 Å². The zero-order chi connectivity index (χ0) is 33.8. The first-order valence-electron chi connectivity index (χ1n) is 15.5. The van der Waals surface area contributed by atoms with Crippen LogP contribution in [0.2, 0.25) is 0 Å². The van der Waals surface area contributed by atoms with Gasteiger partial charge in [0.05, 0.1) is 12.1 Å². The SMILES string of the molecule is CCN(CC(=O)N1CCN(Cc2ccc3c(c2)OCO3)CC1)c1ccc(Oc2ccc(-c3cc(C(F)(F)F)ccc3C(N)=O)cn2)cc1. The largest absolute Gasteiger partial charge is 0.454 e. The number of ether oxygens (including phenoxy) is 3. The van der Waals surface area contributed by atoms with E-state index < -0.39 is 17.6 Å². The molecule has 0 atom stereocenters.